The Bertz CT molecular complexity index is 243. The molecule has 0 amide bonds. The van der Waals surface area contributed by atoms with Gasteiger partial charge in [-0.1, -0.05) is 0 Å². The molecule has 0 unspecified atom stereocenters. The van der Waals surface area contributed by atoms with Gasteiger partial charge in [-0.05, 0) is 48.0 Å². The van der Waals surface area contributed by atoms with Gasteiger partial charge in [0, 0.05) is 26.2 Å². The third-order valence-corrected chi connectivity index (χ3v) is 3.23. The molecular weight excluding hydrogens is 252 g/mol. The maximum absolute atomic E-state index is 5.81. The van der Waals surface area contributed by atoms with Gasteiger partial charge in [0.05, 0.1) is 31.1 Å². The van der Waals surface area contributed by atoms with Crippen LogP contribution in [0.5, 0.6) is 0 Å². The first kappa shape index (κ1) is 17.9. The molecule has 0 bridgehead atoms. The Morgan fingerprint density at radius 3 is 1.50 bits per heavy atom. The average Bonchev–Trinajstić information content (AvgIpc) is 2.26. The van der Waals surface area contributed by atoms with Gasteiger partial charge >= 0.3 is 0 Å². The Morgan fingerprint density at radius 1 is 0.750 bits per heavy atom. The van der Waals surface area contributed by atoms with Gasteiger partial charge in [0.25, 0.3) is 0 Å². The maximum Gasteiger partial charge on any atom is 0.0601 e. The van der Waals surface area contributed by atoms with Crippen molar-refractivity contribution in [3.05, 3.63) is 0 Å². The van der Waals surface area contributed by atoms with Gasteiger partial charge in [-0.25, -0.2) is 0 Å². The fourth-order valence-corrected chi connectivity index (χ4v) is 2.27. The molecule has 1 aliphatic heterocycles. The number of hydrogen-bond acceptors (Lipinski definition) is 4. The van der Waals surface area contributed by atoms with Crippen molar-refractivity contribution in [3.63, 3.8) is 0 Å². The molecule has 0 aromatic rings. The smallest absolute Gasteiger partial charge is 0.0601 e. The van der Waals surface area contributed by atoms with Crippen LogP contribution in [0, 0.1) is 0 Å². The van der Waals surface area contributed by atoms with Crippen LogP contribution in [-0.2, 0) is 9.47 Å². The van der Waals surface area contributed by atoms with E-state index < -0.39 is 0 Å². The van der Waals surface area contributed by atoms with Crippen LogP contribution in [0.3, 0.4) is 0 Å². The van der Waals surface area contributed by atoms with Gasteiger partial charge < -0.3 is 9.47 Å². The molecule has 0 aromatic heterocycles. The Hall–Kier alpha value is -0.160. The third-order valence-electron chi connectivity index (χ3n) is 3.23. The fraction of sp³-hybridized carbons (Fsp3) is 1.00. The molecular formula is C16H34N2O2. The van der Waals surface area contributed by atoms with E-state index in [0.717, 1.165) is 33.0 Å². The zero-order chi connectivity index (χ0) is 15.2. The van der Waals surface area contributed by atoms with Crippen molar-refractivity contribution in [1.82, 2.24) is 9.80 Å². The summed E-state index contributed by atoms with van der Waals surface area (Å²) in [5.41, 5.74) is -0.0634. The van der Waals surface area contributed by atoms with E-state index >= 15 is 0 Å². The first-order chi connectivity index (χ1) is 9.16. The van der Waals surface area contributed by atoms with E-state index in [0.29, 0.717) is 0 Å². The zero-order valence-corrected chi connectivity index (χ0v) is 14.4. The Morgan fingerprint density at radius 2 is 1.15 bits per heavy atom. The molecule has 1 rings (SSSR count). The molecule has 4 heteroatoms. The molecule has 0 saturated carbocycles. The first-order valence-corrected chi connectivity index (χ1v) is 7.88. The Balaban J connectivity index is 2.18. The van der Waals surface area contributed by atoms with Crippen molar-refractivity contribution in [2.45, 2.75) is 59.2 Å². The summed E-state index contributed by atoms with van der Waals surface area (Å²) in [7, 11) is 0. The second-order valence-electron chi connectivity index (χ2n) is 7.65. The van der Waals surface area contributed by atoms with Crippen molar-refractivity contribution in [1.29, 1.82) is 0 Å². The van der Waals surface area contributed by atoms with E-state index in [4.69, 9.17) is 9.47 Å². The zero-order valence-electron chi connectivity index (χ0n) is 14.4. The van der Waals surface area contributed by atoms with Gasteiger partial charge in [-0.2, -0.15) is 0 Å². The number of ether oxygens (including phenoxy) is 2. The highest BCUT2D eigenvalue weighted by atomic mass is 16.5. The van der Waals surface area contributed by atoms with Crippen molar-refractivity contribution in [2.24, 2.45) is 0 Å². The van der Waals surface area contributed by atoms with Crippen LogP contribution in [0.15, 0.2) is 0 Å². The standard InChI is InChI=1S/C16H34N2O2/c1-15(2,3)19-12-10-17-8-7-9-18(14-17)11-13-20-16(4,5)6/h7-14H2,1-6H3. The molecule has 0 aromatic carbocycles. The number of hydrogen-bond donors (Lipinski definition) is 0. The lowest BCUT2D eigenvalue weighted by Crippen LogP contribution is -2.47. The predicted octanol–water partition coefficient (Wildman–Crippen LogP) is 2.58. The minimum absolute atomic E-state index is 0.0317. The van der Waals surface area contributed by atoms with Crippen molar-refractivity contribution in [2.75, 3.05) is 46.1 Å². The molecule has 120 valence electrons. The summed E-state index contributed by atoms with van der Waals surface area (Å²) in [6.07, 6.45) is 1.24. The van der Waals surface area contributed by atoms with E-state index in [-0.39, 0.29) is 11.2 Å². The number of nitrogens with zero attached hydrogens (tertiary/aromatic N) is 2. The Labute approximate surface area is 125 Å². The Kier molecular flexibility index (Phi) is 6.92. The normalized spacial score (nSPS) is 19.5. The lowest BCUT2D eigenvalue weighted by Gasteiger charge is -2.36. The second-order valence-corrected chi connectivity index (χ2v) is 7.65. The molecule has 0 spiro atoms. The largest absolute Gasteiger partial charge is 0.375 e. The van der Waals surface area contributed by atoms with Crippen LogP contribution in [-0.4, -0.2) is 67.1 Å². The van der Waals surface area contributed by atoms with Gasteiger partial charge in [-0.15, -0.1) is 0 Å². The van der Waals surface area contributed by atoms with Crippen LogP contribution in [0.1, 0.15) is 48.0 Å². The minimum Gasteiger partial charge on any atom is -0.375 e. The minimum atomic E-state index is -0.0317. The first-order valence-electron chi connectivity index (χ1n) is 7.88. The van der Waals surface area contributed by atoms with Gasteiger partial charge in [-0.3, -0.25) is 9.80 Å². The molecule has 1 saturated heterocycles. The van der Waals surface area contributed by atoms with Crippen LogP contribution >= 0.6 is 0 Å². The topological polar surface area (TPSA) is 24.9 Å². The van der Waals surface area contributed by atoms with E-state index in [1.807, 2.05) is 0 Å². The van der Waals surface area contributed by atoms with Crippen molar-refractivity contribution < 1.29 is 9.47 Å². The SMILES string of the molecule is CC(C)(C)OCCN1CCCN(CCOC(C)(C)C)C1. The summed E-state index contributed by atoms with van der Waals surface area (Å²) in [5.74, 6) is 0. The molecule has 0 aliphatic carbocycles. The van der Waals surface area contributed by atoms with E-state index in [9.17, 15) is 0 Å². The molecule has 20 heavy (non-hydrogen) atoms. The summed E-state index contributed by atoms with van der Waals surface area (Å²) in [6.45, 7) is 19.7. The fourth-order valence-electron chi connectivity index (χ4n) is 2.27. The molecule has 4 nitrogen and oxygen atoms in total. The molecule has 1 fully saturated rings. The highest BCUT2D eigenvalue weighted by Gasteiger charge is 2.19. The van der Waals surface area contributed by atoms with Gasteiger partial charge in [0.15, 0.2) is 0 Å². The molecule has 1 aliphatic rings. The maximum atomic E-state index is 5.81. The van der Waals surface area contributed by atoms with Crippen molar-refractivity contribution in [3.8, 4) is 0 Å². The van der Waals surface area contributed by atoms with E-state index in [1.54, 1.807) is 0 Å². The summed E-state index contributed by atoms with van der Waals surface area (Å²) >= 11 is 0. The van der Waals surface area contributed by atoms with Gasteiger partial charge in [0.1, 0.15) is 0 Å². The quantitative estimate of drug-likeness (QED) is 0.749. The van der Waals surface area contributed by atoms with Crippen LogP contribution in [0.2, 0.25) is 0 Å². The van der Waals surface area contributed by atoms with Crippen molar-refractivity contribution >= 4 is 0 Å². The highest BCUT2D eigenvalue weighted by molar-refractivity contribution is 4.70. The summed E-state index contributed by atoms with van der Waals surface area (Å²) in [5, 5.41) is 0. The lowest BCUT2D eigenvalue weighted by atomic mass is 10.2. The molecule has 0 radical (unpaired) electrons. The highest BCUT2D eigenvalue weighted by Crippen LogP contribution is 2.10. The molecule has 0 atom stereocenters. The molecule has 0 N–H and O–H groups in total. The molecule has 1 heterocycles. The van der Waals surface area contributed by atoms with E-state index in [2.05, 4.69) is 51.3 Å². The monoisotopic (exact) mass is 286 g/mol. The second kappa shape index (κ2) is 7.74. The predicted molar refractivity (Wildman–Crippen MR) is 84.0 cm³/mol. The average molecular weight is 286 g/mol. The summed E-state index contributed by atoms with van der Waals surface area (Å²) in [6, 6.07) is 0. The number of rotatable bonds is 6. The third kappa shape index (κ3) is 8.90. The van der Waals surface area contributed by atoms with Crippen LogP contribution in [0.25, 0.3) is 0 Å². The summed E-state index contributed by atoms with van der Waals surface area (Å²) in [4.78, 5) is 4.96. The van der Waals surface area contributed by atoms with E-state index in [1.165, 1.54) is 19.5 Å². The van der Waals surface area contributed by atoms with Crippen LogP contribution < -0.4 is 0 Å². The summed E-state index contributed by atoms with van der Waals surface area (Å²) < 4.78 is 11.6. The van der Waals surface area contributed by atoms with Gasteiger partial charge in [0.2, 0.25) is 0 Å². The van der Waals surface area contributed by atoms with Crippen LogP contribution in [0.4, 0.5) is 0 Å². The lowest BCUT2D eigenvalue weighted by molar-refractivity contribution is -0.0382.